The van der Waals surface area contributed by atoms with E-state index in [1.54, 1.807) is 18.7 Å². The number of imidazole rings is 1. The van der Waals surface area contributed by atoms with Gasteiger partial charge in [-0.25, -0.2) is 9.78 Å². The molecule has 4 N–H and O–H groups in total. The number of nitrogens with zero attached hydrogens (tertiary/aromatic N) is 4. The van der Waals surface area contributed by atoms with Gasteiger partial charge in [0.2, 0.25) is 0 Å². The molecule has 11 heteroatoms. The zero-order valence-corrected chi connectivity index (χ0v) is 12.8. The van der Waals surface area contributed by atoms with E-state index in [9.17, 15) is 19.2 Å². The number of carboxylic acid groups (broad SMARTS) is 2. The Bertz CT molecular complexity index is 861. The molecule has 0 aliphatic carbocycles. The molecule has 1 atom stereocenters. The van der Waals surface area contributed by atoms with Crippen LogP contribution in [-0.4, -0.2) is 46.9 Å². The van der Waals surface area contributed by atoms with Gasteiger partial charge in [-0.05, 0) is 0 Å². The largest absolute Gasteiger partial charge is 0.481 e. The van der Waals surface area contributed by atoms with Gasteiger partial charge in [-0.2, -0.15) is 0 Å². The maximum atomic E-state index is 11.7. The number of fused-ring (bicyclic) bond motifs is 1. The summed E-state index contributed by atoms with van der Waals surface area (Å²) in [6.45, 7) is 0. The van der Waals surface area contributed by atoms with Crippen molar-refractivity contribution in [3.63, 3.8) is 0 Å². The summed E-state index contributed by atoms with van der Waals surface area (Å²) in [5, 5.41) is 16.0. The molecule has 0 amide bonds. The van der Waals surface area contributed by atoms with Gasteiger partial charge in [0, 0.05) is 21.1 Å². The number of aromatic nitrogens is 4. The Labute approximate surface area is 129 Å². The Kier molecular flexibility index (Phi) is 5.41. The van der Waals surface area contributed by atoms with Crippen LogP contribution in [0.3, 0.4) is 0 Å². The molecule has 2 rings (SSSR count). The van der Waals surface area contributed by atoms with Crippen molar-refractivity contribution in [2.24, 2.45) is 26.9 Å². The van der Waals surface area contributed by atoms with Gasteiger partial charge in [-0.3, -0.25) is 23.5 Å². The second kappa shape index (κ2) is 6.87. The molecule has 0 unspecified atom stereocenters. The number of nitrogens with two attached hydrogens (primary N) is 1. The van der Waals surface area contributed by atoms with E-state index in [4.69, 9.17) is 15.9 Å². The normalized spacial score (nSPS) is 11.7. The summed E-state index contributed by atoms with van der Waals surface area (Å²) in [7, 11) is 4.77. The number of aliphatic carboxylic acids is 2. The molecule has 0 saturated carbocycles. The SMILES string of the molecule is Cn1c(=O)c2c(ncn2C)n(C)c1=O.N[C@@H](CC(=O)O)C(=O)O. The van der Waals surface area contributed by atoms with E-state index in [0.29, 0.717) is 11.2 Å². The first kappa shape index (κ1) is 18.1. The van der Waals surface area contributed by atoms with Crippen LogP contribution in [0.5, 0.6) is 0 Å². The molecule has 0 aliphatic rings. The minimum atomic E-state index is -1.29. The zero-order valence-electron chi connectivity index (χ0n) is 12.8. The Morgan fingerprint density at radius 1 is 1.22 bits per heavy atom. The third-order valence-corrected chi connectivity index (χ3v) is 3.03. The lowest BCUT2D eigenvalue weighted by molar-refractivity contribution is -0.144. The summed E-state index contributed by atoms with van der Waals surface area (Å²) in [6.07, 6.45) is 0.987. The van der Waals surface area contributed by atoms with Crippen LogP contribution in [0.15, 0.2) is 15.9 Å². The predicted molar refractivity (Wildman–Crippen MR) is 79.1 cm³/mol. The van der Waals surface area contributed by atoms with Crippen molar-refractivity contribution in [3.05, 3.63) is 27.2 Å². The van der Waals surface area contributed by atoms with Crippen LogP contribution >= 0.6 is 0 Å². The minimum Gasteiger partial charge on any atom is -0.481 e. The van der Waals surface area contributed by atoms with Crippen LogP contribution in [0.4, 0.5) is 0 Å². The van der Waals surface area contributed by atoms with Gasteiger partial charge in [0.05, 0.1) is 12.7 Å². The van der Waals surface area contributed by atoms with Gasteiger partial charge in [0.25, 0.3) is 5.56 Å². The van der Waals surface area contributed by atoms with Crippen LogP contribution in [0.25, 0.3) is 11.2 Å². The van der Waals surface area contributed by atoms with Crippen LogP contribution in [0.2, 0.25) is 0 Å². The van der Waals surface area contributed by atoms with Gasteiger partial charge in [-0.15, -0.1) is 0 Å². The molecular formula is C12H17N5O6. The highest BCUT2D eigenvalue weighted by molar-refractivity contribution is 5.80. The Morgan fingerprint density at radius 3 is 2.22 bits per heavy atom. The Morgan fingerprint density at radius 2 is 1.78 bits per heavy atom. The number of hydrogen-bond acceptors (Lipinski definition) is 6. The molecule has 0 bridgehead atoms. The summed E-state index contributed by atoms with van der Waals surface area (Å²) >= 11 is 0. The van der Waals surface area contributed by atoms with Gasteiger partial charge >= 0.3 is 17.6 Å². The summed E-state index contributed by atoms with van der Waals surface area (Å²) in [5.41, 5.74) is 5.02. The van der Waals surface area contributed by atoms with E-state index in [1.165, 1.54) is 17.9 Å². The van der Waals surface area contributed by atoms with Crippen molar-refractivity contribution in [2.75, 3.05) is 0 Å². The molecule has 23 heavy (non-hydrogen) atoms. The smallest absolute Gasteiger partial charge is 0.332 e. The molecule has 0 radical (unpaired) electrons. The summed E-state index contributed by atoms with van der Waals surface area (Å²) in [6, 6.07) is -1.29. The highest BCUT2D eigenvalue weighted by Gasteiger charge is 2.14. The monoisotopic (exact) mass is 327 g/mol. The van der Waals surface area contributed by atoms with Gasteiger partial charge in [-0.1, -0.05) is 0 Å². The summed E-state index contributed by atoms with van der Waals surface area (Å²) in [4.78, 5) is 46.8. The van der Waals surface area contributed by atoms with E-state index in [-0.39, 0.29) is 11.2 Å². The van der Waals surface area contributed by atoms with Gasteiger partial charge in [0.15, 0.2) is 11.2 Å². The lowest BCUT2D eigenvalue weighted by Crippen LogP contribution is -2.37. The summed E-state index contributed by atoms with van der Waals surface area (Å²) < 4.78 is 4.04. The molecule has 11 nitrogen and oxygen atoms in total. The molecule has 0 saturated heterocycles. The molecule has 2 aromatic heterocycles. The highest BCUT2D eigenvalue weighted by atomic mass is 16.4. The van der Waals surface area contributed by atoms with Crippen molar-refractivity contribution >= 4 is 23.1 Å². The number of carboxylic acids is 2. The highest BCUT2D eigenvalue weighted by Crippen LogP contribution is 2.01. The first-order valence-corrected chi connectivity index (χ1v) is 6.35. The van der Waals surface area contributed by atoms with Crippen molar-refractivity contribution in [3.8, 4) is 0 Å². The van der Waals surface area contributed by atoms with Crippen molar-refractivity contribution < 1.29 is 19.8 Å². The fourth-order valence-electron chi connectivity index (χ4n) is 1.75. The molecule has 126 valence electrons. The molecule has 2 aromatic rings. The third kappa shape index (κ3) is 3.83. The first-order chi connectivity index (χ1) is 10.6. The molecular weight excluding hydrogens is 310 g/mol. The molecule has 0 aliphatic heterocycles. The fourth-order valence-corrected chi connectivity index (χ4v) is 1.75. The summed E-state index contributed by atoms with van der Waals surface area (Å²) in [5.74, 6) is -2.50. The number of carbonyl (C=O) groups is 2. The van der Waals surface area contributed by atoms with E-state index in [1.807, 2.05) is 0 Å². The van der Waals surface area contributed by atoms with E-state index in [0.717, 1.165) is 4.57 Å². The average Bonchev–Trinajstić information content (AvgIpc) is 2.84. The lowest BCUT2D eigenvalue weighted by Gasteiger charge is -2.02. The fraction of sp³-hybridized carbons (Fsp3) is 0.417. The average molecular weight is 327 g/mol. The lowest BCUT2D eigenvalue weighted by atomic mass is 10.2. The standard InChI is InChI=1S/C8H10N4O2.C4H7NO4/c1-10-4-9-6-5(10)7(13)12(3)8(14)11(6)2;5-2(4(8)9)1-3(6)7/h4H,1-3H3;2H,1,5H2,(H,6,7)(H,8,9)/t;2-/m.0/s1. The Balaban J connectivity index is 0.000000257. The van der Waals surface area contributed by atoms with Gasteiger partial charge < -0.3 is 20.5 Å². The zero-order chi connectivity index (χ0) is 17.9. The Hall–Kier alpha value is -2.95. The van der Waals surface area contributed by atoms with Crippen LogP contribution < -0.4 is 17.0 Å². The van der Waals surface area contributed by atoms with Gasteiger partial charge in [0.1, 0.15) is 6.04 Å². The molecule has 0 aromatic carbocycles. The minimum absolute atomic E-state index is 0.317. The van der Waals surface area contributed by atoms with Crippen LogP contribution in [0.1, 0.15) is 6.42 Å². The maximum absolute atomic E-state index is 11.7. The van der Waals surface area contributed by atoms with E-state index < -0.39 is 24.4 Å². The van der Waals surface area contributed by atoms with E-state index >= 15 is 0 Å². The van der Waals surface area contributed by atoms with Crippen molar-refractivity contribution in [1.29, 1.82) is 0 Å². The predicted octanol–water partition coefficient (Wildman–Crippen LogP) is -2.16. The first-order valence-electron chi connectivity index (χ1n) is 6.35. The molecule has 0 fully saturated rings. The van der Waals surface area contributed by atoms with Crippen LogP contribution in [0, 0.1) is 0 Å². The van der Waals surface area contributed by atoms with Crippen molar-refractivity contribution in [1.82, 2.24) is 18.7 Å². The number of aryl methyl sites for hydroxylation is 2. The third-order valence-electron chi connectivity index (χ3n) is 3.03. The topological polar surface area (TPSA) is 162 Å². The van der Waals surface area contributed by atoms with E-state index in [2.05, 4.69) is 4.98 Å². The molecule has 0 spiro atoms. The second-order valence-electron chi connectivity index (χ2n) is 4.78. The van der Waals surface area contributed by atoms with Crippen LogP contribution in [-0.2, 0) is 30.7 Å². The molecule has 2 heterocycles. The number of rotatable bonds is 3. The second-order valence-corrected chi connectivity index (χ2v) is 4.78. The van der Waals surface area contributed by atoms with Crippen molar-refractivity contribution in [2.45, 2.75) is 12.5 Å². The quantitative estimate of drug-likeness (QED) is 0.574. The number of hydrogen-bond donors (Lipinski definition) is 3. The maximum Gasteiger partial charge on any atom is 0.332 e.